The highest BCUT2D eigenvalue weighted by Crippen LogP contribution is 2.40. The molecule has 2 unspecified atom stereocenters. The molecule has 0 saturated carbocycles. The SMILES string of the molecule is CC(C)CN1C(=S)NC(c2ccccn2)C1c1cccn1-c1cccc(Cl)c1. The number of hydrogen-bond acceptors (Lipinski definition) is 2. The van der Waals surface area contributed by atoms with E-state index in [1.54, 1.807) is 0 Å². The Kier molecular flexibility index (Phi) is 5.38. The van der Waals surface area contributed by atoms with Crippen molar-refractivity contribution in [3.8, 4) is 5.69 Å². The lowest BCUT2D eigenvalue weighted by molar-refractivity contribution is 0.280. The molecule has 1 aliphatic heterocycles. The van der Waals surface area contributed by atoms with Gasteiger partial charge in [-0.3, -0.25) is 4.98 Å². The van der Waals surface area contributed by atoms with Gasteiger partial charge in [0.1, 0.15) is 0 Å². The lowest BCUT2D eigenvalue weighted by atomic mass is 10.0. The van der Waals surface area contributed by atoms with Crippen LogP contribution in [-0.4, -0.2) is 26.1 Å². The number of pyridine rings is 1. The third-order valence-electron chi connectivity index (χ3n) is 4.93. The minimum absolute atomic E-state index is 0.0136. The summed E-state index contributed by atoms with van der Waals surface area (Å²) >= 11 is 12.0. The van der Waals surface area contributed by atoms with Crippen molar-refractivity contribution in [2.45, 2.75) is 25.9 Å². The monoisotopic (exact) mass is 410 g/mol. The molecule has 6 heteroatoms. The van der Waals surface area contributed by atoms with Crippen molar-refractivity contribution in [2.75, 3.05) is 6.54 Å². The third kappa shape index (κ3) is 3.64. The molecule has 0 bridgehead atoms. The quantitative estimate of drug-likeness (QED) is 0.589. The van der Waals surface area contributed by atoms with E-state index < -0.39 is 0 Å². The molecule has 144 valence electrons. The summed E-state index contributed by atoms with van der Waals surface area (Å²) in [4.78, 5) is 6.89. The molecule has 1 aromatic carbocycles. The van der Waals surface area contributed by atoms with Crippen molar-refractivity contribution in [3.63, 3.8) is 0 Å². The standard InChI is InChI=1S/C22H23ClN4S/c1-15(2)14-27-21(20(25-22(27)28)18-9-3-4-11-24-18)19-10-6-12-26(19)17-8-5-7-16(23)13-17/h3-13,15,20-21H,14H2,1-2H3,(H,25,28). The van der Waals surface area contributed by atoms with Crippen molar-refractivity contribution in [1.29, 1.82) is 0 Å². The van der Waals surface area contributed by atoms with Gasteiger partial charge in [0, 0.05) is 35.3 Å². The topological polar surface area (TPSA) is 33.1 Å². The van der Waals surface area contributed by atoms with E-state index in [0.29, 0.717) is 5.92 Å². The second kappa shape index (κ2) is 7.94. The zero-order valence-electron chi connectivity index (χ0n) is 15.9. The van der Waals surface area contributed by atoms with E-state index in [4.69, 9.17) is 23.8 Å². The number of nitrogens with one attached hydrogen (secondary N) is 1. The lowest BCUT2D eigenvalue weighted by Crippen LogP contribution is -2.33. The van der Waals surface area contributed by atoms with Gasteiger partial charge in [-0.2, -0.15) is 0 Å². The summed E-state index contributed by atoms with van der Waals surface area (Å²) in [6.45, 7) is 5.30. The maximum Gasteiger partial charge on any atom is 0.170 e. The largest absolute Gasteiger partial charge is 0.352 e. The Morgan fingerprint density at radius 3 is 2.71 bits per heavy atom. The van der Waals surface area contributed by atoms with Gasteiger partial charge in [-0.1, -0.05) is 37.6 Å². The highest BCUT2D eigenvalue weighted by atomic mass is 35.5. The first-order valence-electron chi connectivity index (χ1n) is 9.46. The Bertz CT molecular complexity index is 969. The van der Waals surface area contributed by atoms with E-state index in [9.17, 15) is 0 Å². The third-order valence-corrected chi connectivity index (χ3v) is 5.52. The fourth-order valence-electron chi connectivity index (χ4n) is 3.81. The summed E-state index contributed by atoms with van der Waals surface area (Å²) in [5.41, 5.74) is 3.18. The first-order valence-corrected chi connectivity index (χ1v) is 10.2. The number of benzene rings is 1. The number of thiocarbonyl (C=S) groups is 1. The van der Waals surface area contributed by atoms with Crippen LogP contribution in [0.4, 0.5) is 0 Å². The molecule has 0 amide bonds. The van der Waals surface area contributed by atoms with Crippen molar-refractivity contribution in [1.82, 2.24) is 19.8 Å². The number of hydrogen-bond donors (Lipinski definition) is 1. The fraction of sp³-hybridized carbons (Fsp3) is 0.273. The number of nitrogens with zero attached hydrogens (tertiary/aromatic N) is 3. The predicted octanol–water partition coefficient (Wildman–Crippen LogP) is 5.15. The van der Waals surface area contributed by atoms with Gasteiger partial charge in [0.05, 0.1) is 17.8 Å². The maximum atomic E-state index is 6.25. The molecule has 1 fully saturated rings. The lowest BCUT2D eigenvalue weighted by Gasteiger charge is -2.30. The summed E-state index contributed by atoms with van der Waals surface area (Å²) in [5.74, 6) is 0.485. The number of halogens is 1. The average molecular weight is 411 g/mol. The molecule has 0 radical (unpaired) electrons. The van der Waals surface area contributed by atoms with E-state index in [2.05, 4.69) is 64.1 Å². The van der Waals surface area contributed by atoms with E-state index in [1.807, 2.05) is 36.5 Å². The minimum Gasteiger partial charge on any atom is -0.352 e. The van der Waals surface area contributed by atoms with Crippen LogP contribution in [0.2, 0.25) is 5.02 Å². The molecular formula is C22H23ClN4S. The molecule has 3 heterocycles. The summed E-state index contributed by atoms with van der Waals surface area (Å²) < 4.78 is 2.19. The van der Waals surface area contributed by atoms with E-state index >= 15 is 0 Å². The van der Waals surface area contributed by atoms with Crippen molar-refractivity contribution in [3.05, 3.63) is 83.4 Å². The van der Waals surface area contributed by atoms with E-state index in [-0.39, 0.29) is 12.1 Å². The van der Waals surface area contributed by atoms with Crippen LogP contribution in [0, 0.1) is 5.92 Å². The second-order valence-electron chi connectivity index (χ2n) is 7.46. The Morgan fingerprint density at radius 2 is 2.00 bits per heavy atom. The molecule has 0 spiro atoms. The van der Waals surface area contributed by atoms with Gasteiger partial charge in [-0.05, 0) is 60.6 Å². The van der Waals surface area contributed by atoms with Crippen LogP contribution in [0.5, 0.6) is 0 Å². The molecule has 1 N–H and O–H groups in total. The molecule has 1 saturated heterocycles. The van der Waals surface area contributed by atoms with E-state index in [1.165, 1.54) is 0 Å². The van der Waals surface area contributed by atoms with Crippen LogP contribution in [0.1, 0.15) is 37.3 Å². The highest BCUT2D eigenvalue weighted by molar-refractivity contribution is 7.80. The Balaban J connectivity index is 1.81. The van der Waals surface area contributed by atoms with Crippen molar-refractivity contribution in [2.24, 2.45) is 5.92 Å². The van der Waals surface area contributed by atoms with Crippen LogP contribution in [-0.2, 0) is 0 Å². The molecule has 2 atom stereocenters. The summed E-state index contributed by atoms with van der Waals surface area (Å²) in [6, 6.07) is 18.2. The van der Waals surface area contributed by atoms with Crippen LogP contribution in [0.3, 0.4) is 0 Å². The number of rotatable bonds is 5. The zero-order chi connectivity index (χ0) is 19.7. The van der Waals surface area contributed by atoms with Gasteiger partial charge in [0.15, 0.2) is 5.11 Å². The predicted molar refractivity (Wildman–Crippen MR) is 118 cm³/mol. The summed E-state index contributed by atoms with van der Waals surface area (Å²) in [6.07, 6.45) is 3.91. The van der Waals surface area contributed by atoms with Crippen LogP contribution < -0.4 is 5.32 Å². The Labute approximate surface area is 176 Å². The van der Waals surface area contributed by atoms with Crippen LogP contribution >= 0.6 is 23.8 Å². The fourth-order valence-corrected chi connectivity index (χ4v) is 4.31. The average Bonchev–Trinajstić information content (AvgIpc) is 3.27. The van der Waals surface area contributed by atoms with Gasteiger partial charge in [0.2, 0.25) is 0 Å². The van der Waals surface area contributed by atoms with Gasteiger partial charge in [0.25, 0.3) is 0 Å². The first-order chi connectivity index (χ1) is 13.5. The summed E-state index contributed by atoms with van der Waals surface area (Å²) in [5, 5.41) is 5.00. The number of aromatic nitrogens is 2. The van der Waals surface area contributed by atoms with Gasteiger partial charge in [-0.25, -0.2) is 0 Å². The Morgan fingerprint density at radius 1 is 1.14 bits per heavy atom. The maximum absolute atomic E-state index is 6.25. The highest BCUT2D eigenvalue weighted by Gasteiger charge is 2.41. The zero-order valence-corrected chi connectivity index (χ0v) is 17.5. The van der Waals surface area contributed by atoms with Crippen molar-refractivity contribution >= 4 is 28.9 Å². The van der Waals surface area contributed by atoms with E-state index in [0.717, 1.165) is 33.8 Å². The van der Waals surface area contributed by atoms with Gasteiger partial charge < -0.3 is 14.8 Å². The first kappa shape index (κ1) is 19.0. The van der Waals surface area contributed by atoms with Crippen LogP contribution in [0.25, 0.3) is 5.69 Å². The molecule has 3 aromatic rings. The summed E-state index contributed by atoms with van der Waals surface area (Å²) in [7, 11) is 0. The smallest absolute Gasteiger partial charge is 0.170 e. The minimum atomic E-state index is -0.0136. The molecule has 4 rings (SSSR count). The van der Waals surface area contributed by atoms with Gasteiger partial charge in [-0.15, -0.1) is 0 Å². The molecular weight excluding hydrogens is 388 g/mol. The molecule has 0 aliphatic carbocycles. The van der Waals surface area contributed by atoms with Gasteiger partial charge >= 0.3 is 0 Å². The van der Waals surface area contributed by atoms with Crippen LogP contribution in [0.15, 0.2) is 67.0 Å². The molecule has 2 aromatic heterocycles. The normalized spacial score (nSPS) is 19.3. The Hall–Kier alpha value is -2.37. The molecule has 4 nitrogen and oxygen atoms in total. The molecule has 28 heavy (non-hydrogen) atoms. The van der Waals surface area contributed by atoms with Crippen molar-refractivity contribution < 1.29 is 0 Å². The molecule has 1 aliphatic rings. The second-order valence-corrected chi connectivity index (χ2v) is 8.28.